The fourth-order valence-electron chi connectivity index (χ4n) is 1.82. The van der Waals surface area contributed by atoms with E-state index in [9.17, 15) is 4.79 Å². The van der Waals surface area contributed by atoms with Crippen LogP contribution in [0.15, 0.2) is 35.3 Å². The smallest absolute Gasteiger partial charge is 0.230 e. The van der Waals surface area contributed by atoms with Crippen LogP contribution in [-0.4, -0.2) is 19.6 Å². The van der Waals surface area contributed by atoms with E-state index in [1.54, 1.807) is 18.1 Å². The molecule has 0 bridgehead atoms. The highest BCUT2D eigenvalue weighted by Gasteiger charge is 2.34. The van der Waals surface area contributed by atoms with Crippen molar-refractivity contribution in [2.24, 2.45) is 5.92 Å². The van der Waals surface area contributed by atoms with Gasteiger partial charge in [0.15, 0.2) is 0 Å². The predicted octanol–water partition coefficient (Wildman–Crippen LogP) is 3.39. The van der Waals surface area contributed by atoms with Crippen molar-refractivity contribution >= 4 is 27.5 Å². The molecule has 4 heteroatoms. The third-order valence-electron chi connectivity index (χ3n) is 2.95. The quantitative estimate of drug-likeness (QED) is 0.780. The zero-order valence-corrected chi connectivity index (χ0v) is 11.9. The lowest BCUT2D eigenvalue weighted by molar-refractivity contribution is -0.119. The Balaban J connectivity index is 2.29. The number of benzene rings is 1. The highest BCUT2D eigenvalue weighted by atomic mass is 79.9. The van der Waals surface area contributed by atoms with E-state index < -0.39 is 0 Å². The summed E-state index contributed by atoms with van der Waals surface area (Å²) in [5, 5.41) is 0. The molecular weight excluding hydrogens is 294 g/mol. The summed E-state index contributed by atoms with van der Waals surface area (Å²) < 4.78 is 6.02. The number of halogens is 1. The summed E-state index contributed by atoms with van der Waals surface area (Å²) >= 11 is 3.49. The molecule has 0 aliphatic heterocycles. The molecule has 96 valence electrons. The summed E-state index contributed by atoms with van der Waals surface area (Å²) in [5.74, 6) is 1.14. The number of rotatable bonds is 5. The van der Waals surface area contributed by atoms with Crippen molar-refractivity contribution < 1.29 is 9.53 Å². The van der Waals surface area contributed by atoms with Gasteiger partial charge < -0.3 is 9.64 Å². The van der Waals surface area contributed by atoms with Crippen molar-refractivity contribution in [1.82, 2.24) is 0 Å². The average molecular weight is 310 g/mol. The van der Waals surface area contributed by atoms with Crippen molar-refractivity contribution in [2.45, 2.75) is 12.8 Å². The van der Waals surface area contributed by atoms with Crippen LogP contribution in [0, 0.1) is 5.92 Å². The first kappa shape index (κ1) is 13.1. The van der Waals surface area contributed by atoms with Crippen LogP contribution < -0.4 is 9.64 Å². The molecule has 0 radical (unpaired) electrons. The number of nitrogens with zero attached hydrogens (tertiary/aromatic N) is 1. The van der Waals surface area contributed by atoms with Gasteiger partial charge in [-0.05, 0) is 47.0 Å². The van der Waals surface area contributed by atoms with Gasteiger partial charge in [0, 0.05) is 16.9 Å². The van der Waals surface area contributed by atoms with Crippen LogP contribution >= 0.6 is 15.9 Å². The minimum Gasteiger partial charge on any atom is -0.497 e. The van der Waals surface area contributed by atoms with Crippen molar-refractivity contribution in [3.05, 3.63) is 35.3 Å². The fraction of sp³-hybridized carbons (Fsp3) is 0.357. The van der Waals surface area contributed by atoms with E-state index in [0.29, 0.717) is 6.54 Å². The van der Waals surface area contributed by atoms with Gasteiger partial charge in [-0.15, -0.1) is 6.58 Å². The molecule has 0 atom stereocenters. The standard InChI is InChI=1S/C14H16BrNO2/c1-3-8-16(14(17)10-4-5-10)13-7-6-11(18-2)9-12(13)15/h3,6-7,9-10H,1,4-5,8H2,2H3. The maximum atomic E-state index is 12.2. The third-order valence-corrected chi connectivity index (χ3v) is 3.59. The largest absolute Gasteiger partial charge is 0.497 e. The Kier molecular flexibility index (Phi) is 4.07. The molecule has 3 nitrogen and oxygen atoms in total. The lowest BCUT2D eigenvalue weighted by atomic mass is 10.2. The molecule has 1 saturated carbocycles. The molecule has 0 unspecified atom stereocenters. The highest BCUT2D eigenvalue weighted by molar-refractivity contribution is 9.10. The normalized spacial score (nSPS) is 14.1. The van der Waals surface area contributed by atoms with Crippen molar-refractivity contribution in [3.8, 4) is 5.75 Å². The summed E-state index contributed by atoms with van der Waals surface area (Å²) in [6.07, 6.45) is 3.75. The molecule has 1 aromatic carbocycles. The summed E-state index contributed by atoms with van der Waals surface area (Å²) in [6.45, 7) is 4.25. The zero-order valence-electron chi connectivity index (χ0n) is 10.4. The molecule has 2 rings (SSSR count). The van der Waals surface area contributed by atoms with Crippen LogP contribution in [0.3, 0.4) is 0 Å². The molecule has 0 heterocycles. The van der Waals surface area contributed by atoms with Crippen LogP contribution in [0.5, 0.6) is 5.75 Å². The Hall–Kier alpha value is -1.29. The Morgan fingerprint density at radius 1 is 1.61 bits per heavy atom. The Bertz CT molecular complexity index is 469. The lowest BCUT2D eigenvalue weighted by Gasteiger charge is -2.23. The molecular formula is C14H16BrNO2. The number of hydrogen-bond donors (Lipinski definition) is 0. The summed E-state index contributed by atoms with van der Waals surface area (Å²) in [4.78, 5) is 14.0. The monoisotopic (exact) mass is 309 g/mol. The second-order valence-corrected chi connectivity index (χ2v) is 5.18. The first-order valence-electron chi connectivity index (χ1n) is 5.93. The van der Waals surface area contributed by atoms with E-state index >= 15 is 0 Å². The minimum atomic E-state index is 0.181. The van der Waals surface area contributed by atoms with Crippen molar-refractivity contribution in [3.63, 3.8) is 0 Å². The molecule has 18 heavy (non-hydrogen) atoms. The second-order valence-electron chi connectivity index (χ2n) is 4.33. The van der Waals surface area contributed by atoms with Crippen molar-refractivity contribution in [1.29, 1.82) is 0 Å². The van der Waals surface area contributed by atoms with Gasteiger partial charge in [-0.3, -0.25) is 4.79 Å². The van der Waals surface area contributed by atoms with Gasteiger partial charge in [-0.2, -0.15) is 0 Å². The summed E-state index contributed by atoms with van der Waals surface area (Å²) in [7, 11) is 1.62. The van der Waals surface area contributed by atoms with E-state index in [1.165, 1.54) is 0 Å². The maximum Gasteiger partial charge on any atom is 0.230 e. The Labute approximate surface area is 116 Å². The van der Waals surface area contributed by atoms with Crippen LogP contribution in [0.1, 0.15) is 12.8 Å². The number of carbonyl (C=O) groups is 1. The highest BCUT2D eigenvalue weighted by Crippen LogP contribution is 2.36. The van der Waals surface area contributed by atoms with E-state index in [2.05, 4.69) is 22.5 Å². The molecule has 1 aromatic rings. The van der Waals surface area contributed by atoms with Gasteiger partial charge in [0.1, 0.15) is 5.75 Å². The van der Waals surface area contributed by atoms with Gasteiger partial charge in [-0.25, -0.2) is 0 Å². The topological polar surface area (TPSA) is 29.5 Å². The molecule has 1 fully saturated rings. The van der Waals surface area contributed by atoms with Gasteiger partial charge in [0.2, 0.25) is 5.91 Å². The second kappa shape index (κ2) is 5.57. The fourth-order valence-corrected chi connectivity index (χ4v) is 2.39. The Morgan fingerprint density at radius 2 is 2.33 bits per heavy atom. The molecule has 1 amide bonds. The van der Waals surface area contributed by atoms with E-state index in [-0.39, 0.29) is 11.8 Å². The van der Waals surface area contributed by atoms with Gasteiger partial charge in [0.05, 0.1) is 12.8 Å². The zero-order chi connectivity index (χ0) is 13.1. The van der Waals surface area contributed by atoms with Crippen molar-refractivity contribution in [2.75, 3.05) is 18.6 Å². The lowest BCUT2D eigenvalue weighted by Crippen LogP contribution is -2.32. The first-order valence-corrected chi connectivity index (χ1v) is 6.72. The first-order chi connectivity index (χ1) is 8.67. The molecule has 1 aliphatic carbocycles. The summed E-state index contributed by atoms with van der Waals surface area (Å²) in [5.41, 5.74) is 0.868. The maximum absolute atomic E-state index is 12.2. The molecule has 0 saturated heterocycles. The average Bonchev–Trinajstić information content (AvgIpc) is 3.20. The number of methoxy groups -OCH3 is 1. The number of anilines is 1. The number of ether oxygens (including phenoxy) is 1. The van der Waals surface area contributed by atoms with Crippen LogP contribution in [0.4, 0.5) is 5.69 Å². The van der Waals surface area contributed by atoms with Gasteiger partial charge in [0.25, 0.3) is 0 Å². The van der Waals surface area contributed by atoms with E-state index in [0.717, 1.165) is 28.8 Å². The summed E-state index contributed by atoms with van der Waals surface area (Å²) in [6, 6.07) is 5.62. The van der Waals surface area contributed by atoms with E-state index in [4.69, 9.17) is 4.74 Å². The van der Waals surface area contributed by atoms with Crippen LogP contribution in [0.25, 0.3) is 0 Å². The minimum absolute atomic E-state index is 0.181. The Morgan fingerprint density at radius 3 is 2.83 bits per heavy atom. The predicted molar refractivity (Wildman–Crippen MR) is 76.0 cm³/mol. The molecule has 0 aromatic heterocycles. The number of hydrogen-bond acceptors (Lipinski definition) is 2. The molecule has 0 spiro atoms. The van der Waals surface area contributed by atoms with Gasteiger partial charge in [-0.1, -0.05) is 6.08 Å². The van der Waals surface area contributed by atoms with Crippen LogP contribution in [-0.2, 0) is 4.79 Å². The number of carbonyl (C=O) groups excluding carboxylic acids is 1. The van der Waals surface area contributed by atoms with Crippen LogP contribution in [0.2, 0.25) is 0 Å². The molecule has 0 N–H and O–H groups in total. The van der Waals surface area contributed by atoms with Gasteiger partial charge >= 0.3 is 0 Å². The third kappa shape index (κ3) is 2.75. The van der Waals surface area contributed by atoms with E-state index in [1.807, 2.05) is 18.2 Å². The molecule has 1 aliphatic rings. The SMILES string of the molecule is C=CCN(C(=O)C1CC1)c1ccc(OC)cc1Br. The number of amides is 1.